The van der Waals surface area contributed by atoms with Crippen LogP contribution >= 0.6 is 22.9 Å². The maximum absolute atomic E-state index is 5.88. The Kier molecular flexibility index (Phi) is 4.03. The number of anilines is 1. The molecule has 0 radical (unpaired) electrons. The van der Waals surface area contributed by atoms with E-state index in [-0.39, 0.29) is 0 Å². The van der Waals surface area contributed by atoms with Crippen molar-refractivity contribution in [2.24, 2.45) is 5.10 Å². The fourth-order valence-corrected chi connectivity index (χ4v) is 2.54. The van der Waals surface area contributed by atoms with Crippen LogP contribution in [0.25, 0.3) is 11.3 Å². The second-order valence-corrected chi connectivity index (χ2v) is 5.63. The number of nitrogens with zero attached hydrogens (tertiary/aromatic N) is 2. The lowest BCUT2D eigenvalue weighted by molar-refractivity contribution is 0.557. The van der Waals surface area contributed by atoms with Crippen LogP contribution in [0.15, 0.2) is 57.6 Å². The Labute approximate surface area is 131 Å². The van der Waals surface area contributed by atoms with Crippen LogP contribution in [0, 0.1) is 0 Å². The largest absolute Gasteiger partial charge is 0.463 e. The molecule has 0 amide bonds. The average Bonchev–Trinajstić information content (AvgIpc) is 3.17. The lowest BCUT2D eigenvalue weighted by atomic mass is 10.2. The third-order valence-corrected chi connectivity index (χ3v) is 3.84. The van der Waals surface area contributed by atoms with Crippen molar-refractivity contribution >= 4 is 33.8 Å². The first-order chi connectivity index (χ1) is 10.2. The molecule has 0 bridgehead atoms. The molecule has 0 fully saturated rings. The van der Waals surface area contributed by atoms with Crippen LogP contribution < -0.4 is 5.43 Å². The summed E-state index contributed by atoms with van der Waals surface area (Å²) in [5, 5.41) is 7.67. The van der Waals surface area contributed by atoms with Crippen molar-refractivity contribution in [1.82, 2.24) is 4.98 Å². The highest BCUT2D eigenvalue weighted by molar-refractivity contribution is 7.14. The van der Waals surface area contributed by atoms with Crippen molar-refractivity contribution in [2.45, 2.75) is 6.92 Å². The fourth-order valence-electron chi connectivity index (χ4n) is 1.75. The van der Waals surface area contributed by atoms with Crippen molar-refractivity contribution in [1.29, 1.82) is 0 Å². The van der Waals surface area contributed by atoms with Gasteiger partial charge < -0.3 is 4.42 Å². The first kappa shape index (κ1) is 13.9. The Hall–Kier alpha value is -2.11. The van der Waals surface area contributed by atoms with Crippen LogP contribution in [0.3, 0.4) is 0 Å². The number of rotatable bonds is 4. The van der Waals surface area contributed by atoms with E-state index in [9.17, 15) is 0 Å². The van der Waals surface area contributed by atoms with Crippen molar-refractivity contribution in [2.75, 3.05) is 5.43 Å². The van der Waals surface area contributed by atoms with Crippen molar-refractivity contribution in [3.63, 3.8) is 0 Å². The smallest absolute Gasteiger partial charge is 0.203 e. The van der Waals surface area contributed by atoms with Gasteiger partial charge >= 0.3 is 0 Å². The Morgan fingerprint density at radius 3 is 2.81 bits per heavy atom. The van der Waals surface area contributed by atoms with Crippen molar-refractivity contribution in [3.05, 3.63) is 58.8 Å². The molecule has 3 rings (SSSR count). The number of hydrogen-bond donors (Lipinski definition) is 1. The van der Waals surface area contributed by atoms with E-state index < -0.39 is 0 Å². The number of benzene rings is 1. The summed E-state index contributed by atoms with van der Waals surface area (Å²) in [6.45, 7) is 1.87. The molecular formula is C15H12ClN3OS. The summed E-state index contributed by atoms with van der Waals surface area (Å²) in [6, 6.07) is 11.3. The van der Waals surface area contributed by atoms with Gasteiger partial charge in [0.1, 0.15) is 11.5 Å². The molecule has 4 nitrogen and oxygen atoms in total. The van der Waals surface area contributed by atoms with Gasteiger partial charge in [-0.25, -0.2) is 4.98 Å². The summed E-state index contributed by atoms with van der Waals surface area (Å²) in [5.41, 5.74) is 5.63. The quantitative estimate of drug-likeness (QED) is 0.550. The van der Waals surface area contributed by atoms with Gasteiger partial charge in [0.25, 0.3) is 0 Å². The summed E-state index contributed by atoms with van der Waals surface area (Å²) < 4.78 is 5.27. The molecule has 0 aliphatic heterocycles. The van der Waals surface area contributed by atoms with E-state index in [1.807, 2.05) is 48.7 Å². The van der Waals surface area contributed by atoms with Crippen molar-refractivity contribution < 1.29 is 4.42 Å². The zero-order chi connectivity index (χ0) is 14.7. The Morgan fingerprint density at radius 1 is 1.29 bits per heavy atom. The molecule has 21 heavy (non-hydrogen) atoms. The molecule has 0 spiro atoms. The number of furan rings is 1. The lowest BCUT2D eigenvalue weighted by Gasteiger charge is -1.98. The standard InChI is InChI=1S/C15H12ClN3OS/c1-10(14-3-2-8-20-14)18-19-15-17-13(9-21-15)11-4-6-12(16)7-5-11/h2-9H,1H3,(H,17,19)/b18-10+. The van der Waals surface area contributed by atoms with Gasteiger partial charge in [0.05, 0.1) is 12.0 Å². The van der Waals surface area contributed by atoms with Crippen LogP contribution in [0.5, 0.6) is 0 Å². The number of hydrogen-bond acceptors (Lipinski definition) is 5. The highest BCUT2D eigenvalue weighted by atomic mass is 35.5. The average molecular weight is 318 g/mol. The SMILES string of the molecule is C/C(=N\Nc1nc(-c2ccc(Cl)cc2)cs1)c1ccco1. The summed E-state index contributed by atoms with van der Waals surface area (Å²) in [7, 11) is 0. The minimum Gasteiger partial charge on any atom is -0.463 e. The number of halogens is 1. The molecule has 0 aliphatic carbocycles. The van der Waals surface area contributed by atoms with Gasteiger partial charge in [0.2, 0.25) is 5.13 Å². The van der Waals surface area contributed by atoms with Crippen molar-refractivity contribution in [3.8, 4) is 11.3 Å². The van der Waals surface area contributed by atoms with E-state index in [2.05, 4.69) is 15.5 Å². The molecule has 0 aliphatic rings. The Bertz CT molecular complexity index is 748. The molecule has 0 unspecified atom stereocenters. The van der Waals surface area contributed by atoms with Gasteiger partial charge in [-0.15, -0.1) is 11.3 Å². The van der Waals surface area contributed by atoms with Gasteiger partial charge in [-0.2, -0.15) is 5.10 Å². The molecule has 0 atom stereocenters. The zero-order valence-electron chi connectivity index (χ0n) is 11.2. The molecule has 2 heterocycles. The predicted octanol–water partition coefficient (Wildman–Crippen LogP) is 4.89. The second-order valence-electron chi connectivity index (χ2n) is 4.33. The van der Waals surface area contributed by atoms with Crippen LogP contribution in [0.2, 0.25) is 5.02 Å². The van der Waals surface area contributed by atoms with Crippen LogP contribution in [-0.2, 0) is 0 Å². The van der Waals surface area contributed by atoms with E-state index in [4.69, 9.17) is 16.0 Å². The van der Waals surface area contributed by atoms with Gasteiger partial charge in [-0.05, 0) is 31.2 Å². The molecule has 1 N–H and O–H groups in total. The second kappa shape index (κ2) is 6.11. The number of thiazole rings is 1. The molecule has 3 aromatic rings. The topological polar surface area (TPSA) is 50.4 Å². The fraction of sp³-hybridized carbons (Fsp3) is 0.0667. The van der Waals surface area contributed by atoms with Gasteiger partial charge in [-0.3, -0.25) is 5.43 Å². The van der Waals surface area contributed by atoms with Gasteiger partial charge in [-0.1, -0.05) is 23.7 Å². The Morgan fingerprint density at radius 2 is 2.10 bits per heavy atom. The summed E-state index contributed by atoms with van der Waals surface area (Å²) in [4.78, 5) is 4.49. The first-order valence-corrected chi connectivity index (χ1v) is 7.54. The van der Waals surface area contributed by atoms with Gasteiger partial charge in [0.15, 0.2) is 0 Å². The summed E-state index contributed by atoms with van der Waals surface area (Å²) in [5.74, 6) is 0.733. The lowest BCUT2D eigenvalue weighted by Crippen LogP contribution is -1.97. The zero-order valence-corrected chi connectivity index (χ0v) is 12.8. The maximum Gasteiger partial charge on any atom is 0.203 e. The molecular weight excluding hydrogens is 306 g/mol. The van der Waals surface area contributed by atoms with E-state index >= 15 is 0 Å². The van der Waals surface area contributed by atoms with E-state index in [0.29, 0.717) is 5.02 Å². The molecule has 1 aromatic carbocycles. The maximum atomic E-state index is 5.88. The molecule has 0 saturated carbocycles. The van der Waals surface area contributed by atoms with Crippen LogP contribution in [-0.4, -0.2) is 10.7 Å². The van der Waals surface area contributed by atoms with Gasteiger partial charge in [0, 0.05) is 16.0 Å². The minimum atomic E-state index is 0.714. The number of nitrogens with one attached hydrogen (secondary N) is 1. The molecule has 0 saturated heterocycles. The molecule has 6 heteroatoms. The minimum absolute atomic E-state index is 0.714. The van der Waals surface area contributed by atoms with E-state index in [1.54, 1.807) is 6.26 Å². The molecule has 2 aromatic heterocycles. The summed E-state index contributed by atoms with van der Waals surface area (Å²) in [6.07, 6.45) is 1.62. The third-order valence-electron chi connectivity index (χ3n) is 2.84. The highest BCUT2D eigenvalue weighted by Crippen LogP contribution is 2.26. The third kappa shape index (κ3) is 3.32. The Balaban J connectivity index is 1.73. The van der Waals surface area contributed by atoms with E-state index in [0.717, 1.165) is 27.9 Å². The monoisotopic (exact) mass is 317 g/mol. The normalized spacial score (nSPS) is 11.6. The predicted molar refractivity (Wildman–Crippen MR) is 87.1 cm³/mol. The van der Waals surface area contributed by atoms with Crippen LogP contribution in [0.1, 0.15) is 12.7 Å². The summed E-state index contributed by atoms with van der Waals surface area (Å²) >= 11 is 7.38. The first-order valence-electron chi connectivity index (χ1n) is 6.28. The van der Waals surface area contributed by atoms with Crippen LogP contribution in [0.4, 0.5) is 5.13 Å². The number of aromatic nitrogens is 1. The van der Waals surface area contributed by atoms with E-state index in [1.165, 1.54) is 11.3 Å². The highest BCUT2D eigenvalue weighted by Gasteiger charge is 2.05. The molecule has 106 valence electrons. The number of hydrazone groups is 1.